The third-order valence-corrected chi connectivity index (χ3v) is 2.21. The zero-order chi connectivity index (χ0) is 13.7. The number of carboxylic acid groups (broad SMARTS) is 1. The second kappa shape index (κ2) is 5.81. The van der Waals surface area contributed by atoms with Crippen molar-refractivity contribution in [1.29, 1.82) is 0 Å². The Hall–Kier alpha value is -2.37. The first-order valence-corrected chi connectivity index (χ1v) is 5.31. The number of amides is 2. The fraction of sp³-hybridized carbons (Fsp3) is 0.250. The van der Waals surface area contributed by atoms with E-state index in [4.69, 9.17) is 5.11 Å². The van der Waals surface area contributed by atoms with Gasteiger partial charge in [-0.05, 0) is 31.2 Å². The molecule has 0 saturated carbocycles. The molecular weight excluding hydrogens is 236 g/mol. The number of hydrogen-bond acceptors (Lipinski definition) is 3. The summed E-state index contributed by atoms with van der Waals surface area (Å²) in [4.78, 5) is 33.0. The normalized spacial score (nSPS) is 11.4. The highest BCUT2D eigenvalue weighted by atomic mass is 16.4. The summed E-state index contributed by atoms with van der Waals surface area (Å²) in [5.41, 5.74) is 0.616. The second-order valence-corrected chi connectivity index (χ2v) is 3.79. The number of carbonyl (C=O) groups is 3. The van der Waals surface area contributed by atoms with E-state index in [9.17, 15) is 14.4 Å². The standard InChI is InChI=1S/C12H14N2O4/c1-7(13-8(2)15)11(16)14-10-5-3-9(4-6-10)12(17)18/h3-7H,1-2H3,(H,13,15)(H,14,16)(H,17,18)/t7-/m0/s1. The van der Waals surface area contributed by atoms with Crippen molar-refractivity contribution in [3.05, 3.63) is 29.8 Å². The predicted molar refractivity (Wildman–Crippen MR) is 65.3 cm³/mol. The molecule has 0 radical (unpaired) electrons. The van der Waals surface area contributed by atoms with Crippen LogP contribution in [0.1, 0.15) is 24.2 Å². The van der Waals surface area contributed by atoms with Gasteiger partial charge >= 0.3 is 5.97 Å². The van der Waals surface area contributed by atoms with Gasteiger partial charge < -0.3 is 15.7 Å². The molecule has 0 aliphatic carbocycles. The molecule has 0 unspecified atom stereocenters. The molecule has 2 amide bonds. The molecule has 0 bridgehead atoms. The van der Waals surface area contributed by atoms with E-state index in [1.54, 1.807) is 6.92 Å². The molecule has 6 nitrogen and oxygen atoms in total. The highest BCUT2D eigenvalue weighted by Crippen LogP contribution is 2.09. The molecule has 1 aromatic carbocycles. The maximum atomic E-state index is 11.6. The van der Waals surface area contributed by atoms with Crippen LogP contribution < -0.4 is 10.6 Å². The highest BCUT2D eigenvalue weighted by Gasteiger charge is 2.13. The molecule has 0 spiro atoms. The summed E-state index contributed by atoms with van der Waals surface area (Å²) in [6, 6.07) is 5.10. The Kier molecular flexibility index (Phi) is 4.42. The van der Waals surface area contributed by atoms with Crippen LogP contribution in [-0.4, -0.2) is 28.9 Å². The van der Waals surface area contributed by atoms with Gasteiger partial charge in [-0.2, -0.15) is 0 Å². The molecule has 1 rings (SSSR count). The Morgan fingerprint density at radius 3 is 2.17 bits per heavy atom. The first kappa shape index (κ1) is 13.7. The molecule has 0 heterocycles. The summed E-state index contributed by atoms with van der Waals surface area (Å²) in [5.74, 6) is -1.69. The number of aromatic carboxylic acids is 1. The van der Waals surface area contributed by atoms with Gasteiger partial charge in [-0.25, -0.2) is 4.79 Å². The van der Waals surface area contributed by atoms with Crippen LogP contribution in [0.4, 0.5) is 5.69 Å². The predicted octanol–water partition coefficient (Wildman–Crippen LogP) is 0.848. The fourth-order valence-electron chi connectivity index (χ4n) is 1.32. The van der Waals surface area contributed by atoms with Crippen molar-refractivity contribution in [2.45, 2.75) is 19.9 Å². The zero-order valence-electron chi connectivity index (χ0n) is 10.1. The second-order valence-electron chi connectivity index (χ2n) is 3.79. The van der Waals surface area contributed by atoms with E-state index in [-0.39, 0.29) is 17.4 Å². The average Bonchev–Trinajstić information content (AvgIpc) is 2.28. The van der Waals surface area contributed by atoms with Crippen molar-refractivity contribution in [2.75, 3.05) is 5.32 Å². The van der Waals surface area contributed by atoms with Crippen LogP contribution in [-0.2, 0) is 9.59 Å². The summed E-state index contributed by atoms with van der Waals surface area (Å²) >= 11 is 0. The van der Waals surface area contributed by atoms with Crippen molar-refractivity contribution >= 4 is 23.5 Å². The molecule has 6 heteroatoms. The number of hydrogen-bond donors (Lipinski definition) is 3. The van der Waals surface area contributed by atoms with E-state index in [0.717, 1.165) is 0 Å². The maximum absolute atomic E-state index is 11.6. The van der Waals surface area contributed by atoms with Gasteiger partial charge in [-0.15, -0.1) is 0 Å². The molecular formula is C12H14N2O4. The van der Waals surface area contributed by atoms with E-state index in [2.05, 4.69) is 10.6 Å². The van der Waals surface area contributed by atoms with Crippen molar-refractivity contribution < 1.29 is 19.5 Å². The summed E-state index contributed by atoms with van der Waals surface area (Å²) in [5, 5.41) is 13.7. The molecule has 18 heavy (non-hydrogen) atoms. The first-order valence-electron chi connectivity index (χ1n) is 5.31. The Morgan fingerprint density at radius 2 is 1.72 bits per heavy atom. The lowest BCUT2D eigenvalue weighted by atomic mass is 10.2. The van der Waals surface area contributed by atoms with Gasteiger partial charge in [0.2, 0.25) is 11.8 Å². The molecule has 1 atom stereocenters. The van der Waals surface area contributed by atoms with E-state index >= 15 is 0 Å². The molecule has 0 aromatic heterocycles. The minimum atomic E-state index is -1.03. The van der Waals surface area contributed by atoms with Crippen LogP contribution in [0.3, 0.4) is 0 Å². The van der Waals surface area contributed by atoms with Gasteiger partial charge in [-0.3, -0.25) is 9.59 Å². The molecule has 0 saturated heterocycles. The maximum Gasteiger partial charge on any atom is 0.335 e. The quantitative estimate of drug-likeness (QED) is 0.738. The third-order valence-electron chi connectivity index (χ3n) is 2.21. The fourth-order valence-corrected chi connectivity index (χ4v) is 1.32. The van der Waals surface area contributed by atoms with Gasteiger partial charge in [0.1, 0.15) is 6.04 Å². The Balaban J connectivity index is 2.64. The Morgan fingerprint density at radius 1 is 1.17 bits per heavy atom. The topological polar surface area (TPSA) is 95.5 Å². The summed E-state index contributed by atoms with van der Waals surface area (Å²) in [6.07, 6.45) is 0. The Labute approximate surface area is 104 Å². The van der Waals surface area contributed by atoms with E-state index in [0.29, 0.717) is 5.69 Å². The minimum absolute atomic E-state index is 0.142. The van der Waals surface area contributed by atoms with Gasteiger partial charge in [0, 0.05) is 12.6 Å². The van der Waals surface area contributed by atoms with Crippen molar-refractivity contribution in [2.24, 2.45) is 0 Å². The molecule has 0 aliphatic heterocycles. The van der Waals surface area contributed by atoms with Crippen LogP contribution in [0, 0.1) is 0 Å². The van der Waals surface area contributed by atoms with Gasteiger partial charge in [0.05, 0.1) is 5.56 Å². The van der Waals surface area contributed by atoms with Crippen molar-refractivity contribution in [1.82, 2.24) is 5.32 Å². The zero-order valence-corrected chi connectivity index (χ0v) is 10.1. The van der Waals surface area contributed by atoms with Gasteiger partial charge in [0.15, 0.2) is 0 Å². The summed E-state index contributed by atoms with van der Waals surface area (Å²) in [7, 11) is 0. The number of nitrogens with one attached hydrogen (secondary N) is 2. The minimum Gasteiger partial charge on any atom is -0.478 e. The molecule has 96 valence electrons. The molecule has 0 fully saturated rings. The van der Waals surface area contributed by atoms with E-state index in [1.807, 2.05) is 0 Å². The van der Waals surface area contributed by atoms with Crippen molar-refractivity contribution in [3.63, 3.8) is 0 Å². The van der Waals surface area contributed by atoms with Crippen LogP contribution >= 0.6 is 0 Å². The number of benzene rings is 1. The Bertz CT molecular complexity index is 467. The van der Waals surface area contributed by atoms with Crippen LogP contribution in [0.5, 0.6) is 0 Å². The van der Waals surface area contributed by atoms with E-state index in [1.165, 1.54) is 31.2 Å². The monoisotopic (exact) mass is 250 g/mol. The van der Waals surface area contributed by atoms with Gasteiger partial charge in [-0.1, -0.05) is 0 Å². The van der Waals surface area contributed by atoms with Gasteiger partial charge in [0.25, 0.3) is 0 Å². The lowest BCUT2D eigenvalue weighted by Gasteiger charge is -2.12. The SMILES string of the molecule is CC(=O)N[C@@H](C)C(=O)Nc1ccc(C(=O)O)cc1. The number of rotatable bonds is 4. The van der Waals surface area contributed by atoms with Crippen LogP contribution in [0.2, 0.25) is 0 Å². The average molecular weight is 250 g/mol. The molecule has 0 aliphatic rings. The smallest absolute Gasteiger partial charge is 0.335 e. The highest BCUT2D eigenvalue weighted by molar-refractivity contribution is 5.97. The van der Waals surface area contributed by atoms with Crippen molar-refractivity contribution in [3.8, 4) is 0 Å². The van der Waals surface area contributed by atoms with E-state index < -0.39 is 12.0 Å². The van der Waals surface area contributed by atoms with Crippen LogP contribution in [0.25, 0.3) is 0 Å². The number of carbonyl (C=O) groups excluding carboxylic acids is 2. The summed E-state index contributed by atoms with van der Waals surface area (Å²) in [6.45, 7) is 2.88. The lowest BCUT2D eigenvalue weighted by molar-refractivity contribution is -0.124. The molecule has 1 aromatic rings. The van der Waals surface area contributed by atoms with Crippen LogP contribution in [0.15, 0.2) is 24.3 Å². The summed E-state index contributed by atoms with van der Waals surface area (Å²) < 4.78 is 0. The largest absolute Gasteiger partial charge is 0.478 e. The molecule has 3 N–H and O–H groups in total. The number of carboxylic acids is 1. The number of anilines is 1. The third kappa shape index (κ3) is 3.89. The first-order chi connectivity index (χ1) is 8.40. The lowest BCUT2D eigenvalue weighted by Crippen LogP contribution is -2.40.